The van der Waals surface area contributed by atoms with Gasteiger partial charge in [-0.1, -0.05) is 19.3 Å². The van der Waals surface area contributed by atoms with E-state index in [0.29, 0.717) is 0 Å². The van der Waals surface area contributed by atoms with Crippen molar-refractivity contribution in [3.8, 4) is 0 Å². The summed E-state index contributed by atoms with van der Waals surface area (Å²) in [6.07, 6.45) is 10.6. The first-order chi connectivity index (χ1) is 13.2. The van der Waals surface area contributed by atoms with Crippen LogP contribution in [0.2, 0.25) is 0 Å². The molecule has 2 aliphatic rings. The molecular formula is C20H27N5OS. The molecule has 1 saturated carbocycles. The van der Waals surface area contributed by atoms with E-state index in [-0.39, 0.29) is 11.5 Å². The van der Waals surface area contributed by atoms with Crippen LogP contribution in [0, 0.1) is 5.41 Å². The third kappa shape index (κ3) is 3.78. The molecule has 0 spiro atoms. The maximum atomic E-state index is 11.8. The number of hydrogen-bond acceptors (Lipinski definition) is 4. The Labute approximate surface area is 163 Å². The number of carbonyl (C=O) groups is 1. The van der Waals surface area contributed by atoms with Gasteiger partial charge in [0, 0.05) is 36.8 Å². The van der Waals surface area contributed by atoms with Crippen LogP contribution in [0.4, 0.5) is 16.3 Å². The maximum Gasteiger partial charge on any atom is 0.326 e. The Bertz CT molecular complexity index is 881. The van der Waals surface area contributed by atoms with E-state index in [1.807, 2.05) is 17.8 Å². The highest BCUT2D eigenvalue weighted by Gasteiger charge is 2.23. The zero-order valence-corrected chi connectivity index (χ0v) is 16.6. The van der Waals surface area contributed by atoms with Gasteiger partial charge < -0.3 is 15.2 Å². The number of carbonyl (C=O) groups excluding carboxylic acids is 1. The van der Waals surface area contributed by atoms with Gasteiger partial charge in [0.15, 0.2) is 0 Å². The lowest BCUT2D eigenvalue weighted by Gasteiger charge is -2.29. The highest BCUT2D eigenvalue weighted by molar-refractivity contribution is 7.99. The molecule has 2 aromatic rings. The molecule has 0 bridgehead atoms. The third-order valence-corrected chi connectivity index (χ3v) is 6.76. The number of pyridine rings is 1. The predicted molar refractivity (Wildman–Crippen MR) is 109 cm³/mol. The number of amides is 1. The second-order valence-corrected chi connectivity index (χ2v) is 8.68. The van der Waals surface area contributed by atoms with Gasteiger partial charge in [0.1, 0.15) is 11.3 Å². The average molecular weight is 386 g/mol. The zero-order chi connectivity index (χ0) is 18.8. The number of rotatable bonds is 3. The number of aromatic amines is 1. The largest absolute Gasteiger partial charge is 0.340 e. The minimum Gasteiger partial charge on any atom is -0.340 e. The van der Waals surface area contributed by atoms with E-state index in [2.05, 4.69) is 21.3 Å². The van der Waals surface area contributed by atoms with Crippen LogP contribution in [0.1, 0.15) is 44.1 Å². The zero-order valence-electron chi connectivity index (χ0n) is 15.8. The van der Waals surface area contributed by atoms with Crippen LogP contribution in [0.5, 0.6) is 0 Å². The summed E-state index contributed by atoms with van der Waals surface area (Å²) >= 11 is 1.99. The molecule has 0 radical (unpaired) electrons. The molecule has 0 unspecified atom stereocenters. The van der Waals surface area contributed by atoms with Crippen LogP contribution in [0.15, 0.2) is 29.4 Å². The van der Waals surface area contributed by atoms with Crippen LogP contribution in [-0.2, 0) is 6.42 Å². The fraction of sp³-hybridized carbons (Fsp3) is 0.500. The Morgan fingerprint density at radius 3 is 2.81 bits per heavy atom. The van der Waals surface area contributed by atoms with E-state index in [0.717, 1.165) is 36.1 Å². The molecule has 1 fully saturated rings. The second kappa shape index (κ2) is 7.84. The van der Waals surface area contributed by atoms with Gasteiger partial charge in [-0.15, -0.1) is 11.8 Å². The minimum atomic E-state index is -0.295. The predicted octanol–water partition coefficient (Wildman–Crippen LogP) is 3.99. The number of aromatic nitrogens is 2. The number of fused-ring (bicyclic) bond motifs is 1. The van der Waals surface area contributed by atoms with Gasteiger partial charge in [-0.05, 0) is 43.4 Å². The average Bonchev–Trinajstić information content (AvgIpc) is 3.10. The Kier molecular flexibility index (Phi) is 5.29. The van der Waals surface area contributed by atoms with Gasteiger partial charge in [-0.2, -0.15) is 0 Å². The summed E-state index contributed by atoms with van der Waals surface area (Å²) in [4.78, 5) is 17.7. The molecule has 144 valence electrons. The fourth-order valence-corrected chi connectivity index (χ4v) is 5.36. The molecular weight excluding hydrogens is 358 g/mol. The molecule has 0 saturated heterocycles. The van der Waals surface area contributed by atoms with Crippen LogP contribution < -0.4 is 15.7 Å². The Morgan fingerprint density at radius 2 is 2.07 bits per heavy atom. The van der Waals surface area contributed by atoms with E-state index in [9.17, 15) is 4.79 Å². The van der Waals surface area contributed by atoms with E-state index < -0.39 is 0 Å². The molecule has 1 amide bonds. The summed E-state index contributed by atoms with van der Waals surface area (Å²) in [7, 11) is 1.57. The molecule has 0 aromatic carbocycles. The molecule has 1 aliphatic heterocycles. The van der Waals surface area contributed by atoms with Crippen molar-refractivity contribution in [2.24, 2.45) is 0 Å². The normalized spacial score (nSPS) is 17.6. The molecule has 0 atom stereocenters. The van der Waals surface area contributed by atoms with Gasteiger partial charge in [-0.3, -0.25) is 9.98 Å². The lowest BCUT2D eigenvalue weighted by molar-refractivity contribution is 0.243. The van der Waals surface area contributed by atoms with Crippen molar-refractivity contribution in [1.29, 1.82) is 5.41 Å². The molecule has 4 rings (SSSR count). The first-order valence-electron chi connectivity index (χ1n) is 9.81. The van der Waals surface area contributed by atoms with Gasteiger partial charge in [0.05, 0.1) is 5.03 Å². The smallest absolute Gasteiger partial charge is 0.326 e. The topological polar surface area (TPSA) is 76.9 Å². The molecule has 6 nitrogen and oxygen atoms in total. The summed E-state index contributed by atoms with van der Waals surface area (Å²) in [6.45, 7) is 0.921. The second-order valence-electron chi connectivity index (χ2n) is 7.34. The Balaban J connectivity index is 1.58. The quantitative estimate of drug-likeness (QED) is 0.748. The summed E-state index contributed by atoms with van der Waals surface area (Å²) in [5, 5.41) is 12.7. The van der Waals surface area contributed by atoms with Crippen molar-refractivity contribution in [3.63, 3.8) is 0 Å². The van der Waals surface area contributed by atoms with E-state index in [1.165, 1.54) is 47.3 Å². The number of aryl methyl sites for hydroxylation is 1. The summed E-state index contributed by atoms with van der Waals surface area (Å²) in [6, 6.07) is 5.70. The Hall–Kier alpha value is -2.15. The highest BCUT2D eigenvalue weighted by atomic mass is 32.2. The first kappa shape index (κ1) is 18.2. The van der Waals surface area contributed by atoms with Crippen molar-refractivity contribution >= 4 is 29.3 Å². The fourth-order valence-electron chi connectivity index (χ4n) is 4.07. The molecule has 1 aliphatic carbocycles. The van der Waals surface area contributed by atoms with Gasteiger partial charge >= 0.3 is 6.03 Å². The summed E-state index contributed by atoms with van der Waals surface area (Å²) in [5.74, 6) is 1.15. The number of anilines is 2. The maximum absolute atomic E-state index is 11.8. The van der Waals surface area contributed by atoms with E-state index in [4.69, 9.17) is 5.41 Å². The van der Waals surface area contributed by atoms with Crippen LogP contribution in [0.3, 0.4) is 0 Å². The van der Waals surface area contributed by atoms with Gasteiger partial charge in [0.2, 0.25) is 0 Å². The molecule has 3 heterocycles. The first-order valence-corrected chi connectivity index (χ1v) is 10.7. The van der Waals surface area contributed by atoms with Gasteiger partial charge in [-0.25, -0.2) is 4.79 Å². The van der Waals surface area contributed by atoms with Crippen molar-refractivity contribution in [2.75, 3.05) is 18.5 Å². The molecule has 3 N–H and O–H groups in total. The van der Waals surface area contributed by atoms with Crippen molar-refractivity contribution in [3.05, 3.63) is 35.4 Å². The van der Waals surface area contributed by atoms with Crippen molar-refractivity contribution in [2.45, 2.75) is 55.2 Å². The van der Waals surface area contributed by atoms with E-state index in [1.54, 1.807) is 19.3 Å². The van der Waals surface area contributed by atoms with E-state index >= 15 is 0 Å². The molecule has 2 aromatic heterocycles. The summed E-state index contributed by atoms with van der Waals surface area (Å²) in [5.41, 5.74) is 2.49. The van der Waals surface area contributed by atoms with Crippen LogP contribution in [-0.4, -0.2) is 34.4 Å². The SMILES string of the molecule is CNC(=O)n1ccc(N2CCCc3cc(SC4CCCCC4)[nH]c32)cc1=N. The number of nitrogens with zero attached hydrogens (tertiary/aromatic N) is 2. The van der Waals surface area contributed by atoms with Gasteiger partial charge in [0.25, 0.3) is 0 Å². The minimum absolute atomic E-state index is 0.183. The van der Waals surface area contributed by atoms with Crippen molar-refractivity contribution < 1.29 is 4.79 Å². The molecule has 27 heavy (non-hydrogen) atoms. The molecule has 7 heteroatoms. The number of nitrogens with one attached hydrogen (secondary N) is 3. The highest BCUT2D eigenvalue weighted by Crippen LogP contribution is 2.39. The third-order valence-electron chi connectivity index (χ3n) is 5.48. The standard InChI is InChI=1S/C20H27N5OS/c1-22-20(26)25-11-9-15(13-17(25)21)24-10-5-6-14-12-18(23-19(14)24)27-16-7-3-2-4-8-16/h9,11-13,16,21,23H,2-8,10H2,1H3,(H,22,26). The van der Waals surface area contributed by atoms with Crippen LogP contribution in [0.25, 0.3) is 0 Å². The van der Waals surface area contributed by atoms with Crippen LogP contribution >= 0.6 is 11.8 Å². The summed E-state index contributed by atoms with van der Waals surface area (Å²) < 4.78 is 1.31. The van der Waals surface area contributed by atoms with Crippen molar-refractivity contribution in [1.82, 2.24) is 14.9 Å². The lowest BCUT2D eigenvalue weighted by Crippen LogP contribution is -2.34. The number of hydrogen-bond donors (Lipinski definition) is 3. The number of H-pyrrole nitrogens is 1. The number of thioether (sulfide) groups is 1. The Morgan fingerprint density at radius 1 is 1.26 bits per heavy atom. The monoisotopic (exact) mass is 385 g/mol. The lowest BCUT2D eigenvalue weighted by atomic mass is 10.0.